The van der Waals surface area contributed by atoms with E-state index in [0.29, 0.717) is 6.07 Å². The van der Waals surface area contributed by atoms with Crippen molar-refractivity contribution in [1.29, 1.82) is 0 Å². The molecule has 0 radical (unpaired) electrons. The highest BCUT2D eigenvalue weighted by Gasteiger charge is 2.42. The van der Waals surface area contributed by atoms with Gasteiger partial charge in [0, 0.05) is 11.6 Å². The largest absolute Gasteiger partial charge is 0.476 e. The second kappa shape index (κ2) is 6.59. The van der Waals surface area contributed by atoms with Crippen LogP contribution in [0, 0.1) is 11.6 Å². The van der Waals surface area contributed by atoms with Crippen LogP contribution in [-0.4, -0.2) is 45.9 Å². The second-order valence-corrected chi connectivity index (χ2v) is 5.69. The van der Waals surface area contributed by atoms with E-state index < -0.39 is 29.2 Å². The molecule has 0 bridgehead atoms. The van der Waals surface area contributed by atoms with E-state index in [1.807, 2.05) is 0 Å². The van der Waals surface area contributed by atoms with Crippen LogP contribution in [0.2, 0.25) is 0 Å². The van der Waals surface area contributed by atoms with E-state index in [1.165, 1.54) is 24.3 Å². The van der Waals surface area contributed by atoms with Gasteiger partial charge in [0.25, 0.3) is 0 Å². The van der Waals surface area contributed by atoms with E-state index in [0.717, 1.165) is 23.0 Å². The van der Waals surface area contributed by atoms with Crippen LogP contribution in [0.1, 0.15) is 29.0 Å². The number of hydrogen-bond donors (Lipinski definition) is 2. The number of carbonyl (C=O) groups is 1. The van der Waals surface area contributed by atoms with Crippen LogP contribution in [0.4, 0.5) is 8.78 Å². The summed E-state index contributed by atoms with van der Waals surface area (Å²) in [4.78, 5) is 15.1. The number of aromatic nitrogens is 6. The van der Waals surface area contributed by atoms with E-state index >= 15 is 0 Å². The van der Waals surface area contributed by atoms with Crippen molar-refractivity contribution in [2.24, 2.45) is 0 Å². The summed E-state index contributed by atoms with van der Waals surface area (Å²) in [5.74, 6) is -3.12. The Morgan fingerprint density at radius 1 is 1.38 bits per heavy atom. The molecule has 11 heteroatoms. The van der Waals surface area contributed by atoms with Crippen LogP contribution in [0.15, 0.2) is 37.1 Å². The standard InChI is InChI=1S/C15H14F2N6O3/c1-9(23-13(14(24)25)5-19-21-23)15(26,6-22-8-18-7-20-22)11-3-2-10(16)4-12(11)17/h2-5,7-9,26H,6H2,1H3,(H,24,25)/t9-,15-/m1/s1. The maximum Gasteiger partial charge on any atom is 0.355 e. The first-order chi connectivity index (χ1) is 12.3. The van der Waals surface area contributed by atoms with Gasteiger partial charge in [0.1, 0.15) is 29.9 Å². The molecule has 0 aliphatic rings. The number of rotatable bonds is 6. The Bertz CT molecular complexity index is 929. The first-order valence-corrected chi connectivity index (χ1v) is 7.46. The average molecular weight is 364 g/mol. The zero-order valence-electron chi connectivity index (χ0n) is 13.5. The molecule has 0 spiro atoms. The van der Waals surface area contributed by atoms with Crippen molar-refractivity contribution in [3.63, 3.8) is 0 Å². The summed E-state index contributed by atoms with van der Waals surface area (Å²) in [5, 5.41) is 31.7. The molecule has 2 aromatic heterocycles. The molecule has 0 aliphatic heterocycles. The minimum atomic E-state index is -2.02. The Morgan fingerprint density at radius 3 is 2.77 bits per heavy atom. The summed E-state index contributed by atoms with van der Waals surface area (Å²) < 4.78 is 29.9. The molecular weight excluding hydrogens is 350 g/mol. The number of benzene rings is 1. The summed E-state index contributed by atoms with van der Waals surface area (Å²) in [5.41, 5.74) is -2.56. The molecule has 2 atom stereocenters. The highest BCUT2D eigenvalue weighted by Crippen LogP contribution is 2.36. The van der Waals surface area contributed by atoms with Gasteiger partial charge < -0.3 is 10.2 Å². The fourth-order valence-corrected chi connectivity index (χ4v) is 2.73. The van der Waals surface area contributed by atoms with Crippen molar-refractivity contribution in [3.05, 3.63) is 59.9 Å². The third kappa shape index (κ3) is 3.04. The minimum Gasteiger partial charge on any atom is -0.476 e. The van der Waals surface area contributed by atoms with Crippen LogP contribution < -0.4 is 0 Å². The van der Waals surface area contributed by atoms with Crippen molar-refractivity contribution in [2.75, 3.05) is 0 Å². The van der Waals surface area contributed by atoms with Gasteiger partial charge in [-0.15, -0.1) is 5.10 Å². The second-order valence-electron chi connectivity index (χ2n) is 5.69. The molecule has 2 heterocycles. The van der Waals surface area contributed by atoms with E-state index in [1.54, 1.807) is 0 Å². The molecule has 0 unspecified atom stereocenters. The van der Waals surface area contributed by atoms with E-state index in [-0.39, 0.29) is 17.8 Å². The maximum absolute atomic E-state index is 14.4. The van der Waals surface area contributed by atoms with Gasteiger partial charge in [0.15, 0.2) is 5.69 Å². The number of aliphatic hydroxyl groups is 1. The van der Waals surface area contributed by atoms with Crippen molar-refractivity contribution < 1.29 is 23.8 Å². The van der Waals surface area contributed by atoms with Crippen LogP contribution in [0.5, 0.6) is 0 Å². The summed E-state index contributed by atoms with van der Waals surface area (Å²) in [6.07, 6.45) is 3.54. The Hall–Kier alpha value is -3.21. The SMILES string of the molecule is C[C@@H](n1nncc1C(=O)O)[C@](O)(Cn1cncn1)c1ccc(F)cc1F. The molecule has 26 heavy (non-hydrogen) atoms. The lowest BCUT2D eigenvalue weighted by atomic mass is 9.86. The van der Waals surface area contributed by atoms with Gasteiger partial charge in [-0.2, -0.15) is 5.10 Å². The number of carboxylic acid groups (broad SMARTS) is 1. The molecule has 1 aromatic carbocycles. The molecule has 3 aromatic rings. The minimum absolute atomic E-state index is 0.242. The van der Waals surface area contributed by atoms with Gasteiger partial charge in [0.2, 0.25) is 0 Å². The Kier molecular flexibility index (Phi) is 4.47. The number of nitrogens with zero attached hydrogens (tertiary/aromatic N) is 6. The lowest BCUT2D eigenvalue weighted by Crippen LogP contribution is -2.41. The molecule has 0 saturated heterocycles. The van der Waals surface area contributed by atoms with E-state index in [2.05, 4.69) is 20.4 Å². The summed E-state index contributed by atoms with van der Waals surface area (Å²) in [7, 11) is 0. The monoisotopic (exact) mass is 364 g/mol. The molecule has 0 aliphatic carbocycles. The van der Waals surface area contributed by atoms with Gasteiger partial charge >= 0.3 is 5.97 Å². The predicted octanol–water partition coefficient (Wildman–Crippen LogP) is 0.995. The van der Waals surface area contributed by atoms with Crippen molar-refractivity contribution in [3.8, 4) is 0 Å². The Labute approximate surface area is 145 Å². The number of hydrogen-bond acceptors (Lipinski definition) is 6. The third-order valence-corrected chi connectivity index (χ3v) is 4.12. The first-order valence-electron chi connectivity index (χ1n) is 7.46. The lowest BCUT2D eigenvalue weighted by molar-refractivity contribution is -0.0382. The fourth-order valence-electron chi connectivity index (χ4n) is 2.73. The fraction of sp³-hybridized carbons (Fsp3) is 0.267. The highest BCUT2D eigenvalue weighted by atomic mass is 19.1. The number of halogens is 2. The number of aromatic carboxylic acids is 1. The van der Waals surface area contributed by atoms with E-state index in [9.17, 15) is 23.8 Å². The topological polar surface area (TPSA) is 119 Å². The van der Waals surface area contributed by atoms with Crippen molar-refractivity contribution in [2.45, 2.75) is 25.1 Å². The van der Waals surface area contributed by atoms with Gasteiger partial charge in [-0.25, -0.2) is 27.9 Å². The Balaban J connectivity index is 2.13. The maximum atomic E-state index is 14.4. The molecule has 0 saturated carbocycles. The predicted molar refractivity (Wildman–Crippen MR) is 82.0 cm³/mol. The van der Waals surface area contributed by atoms with Gasteiger partial charge in [0.05, 0.1) is 18.8 Å². The Morgan fingerprint density at radius 2 is 2.15 bits per heavy atom. The average Bonchev–Trinajstić information content (AvgIpc) is 3.25. The quantitative estimate of drug-likeness (QED) is 0.669. The van der Waals surface area contributed by atoms with Gasteiger partial charge in [-0.1, -0.05) is 11.3 Å². The number of carboxylic acids is 1. The van der Waals surface area contributed by atoms with E-state index in [4.69, 9.17) is 0 Å². The van der Waals surface area contributed by atoms with Crippen molar-refractivity contribution in [1.82, 2.24) is 29.8 Å². The lowest BCUT2D eigenvalue weighted by Gasteiger charge is -2.34. The molecular formula is C15H14F2N6O3. The summed E-state index contributed by atoms with van der Waals surface area (Å²) in [6, 6.07) is 1.64. The first kappa shape index (κ1) is 17.6. The summed E-state index contributed by atoms with van der Waals surface area (Å²) in [6.45, 7) is 1.16. The normalized spacial score (nSPS) is 14.8. The van der Waals surface area contributed by atoms with Crippen LogP contribution >= 0.6 is 0 Å². The zero-order valence-corrected chi connectivity index (χ0v) is 13.5. The van der Waals surface area contributed by atoms with Crippen molar-refractivity contribution >= 4 is 5.97 Å². The molecule has 136 valence electrons. The smallest absolute Gasteiger partial charge is 0.355 e. The summed E-state index contributed by atoms with van der Waals surface area (Å²) >= 11 is 0. The van der Waals surface area contributed by atoms with Gasteiger partial charge in [-0.05, 0) is 13.0 Å². The zero-order chi connectivity index (χ0) is 18.9. The molecule has 0 amide bonds. The van der Waals surface area contributed by atoms with Crippen LogP contribution in [0.25, 0.3) is 0 Å². The van der Waals surface area contributed by atoms with Gasteiger partial charge in [-0.3, -0.25) is 0 Å². The third-order valence-electron chi connectivity index (χ3n) is 4.12. The molecule has 9 nitrogen and oxygen atoms in total. The highest BCUT2D eigenvalue weighted by molar-refractivity contribution is 5.85. The molecule has 0 fully saturated rings. The molecule has 2 N–H and O–H groups in total. The molecule has 3 rings (SSSR count). The van der Waals surface area contributed by atoms with Crippen LogP contribution in [0.3, 0.4) is 0 Å². The van der Waals surface area contributed by atoms with Crippen LogP contribution in [-0.2, 0) is 12.1 Å².